The molecule has 5 nitrogen and oxygen atoms in total. The number of amides is 1. The van der Waals surface area contributed by atoms with Crippen LogP contribution in [0.1, 0.15) is 26.0 Å². The first-order valence-corrected chi connectivity index (χ1v) is 8.37. The molecule has 0 bridgehead atoms. The molecule has 2 rings (SSSR count). The summed E-state index contributed by atoms with van der Waals surface area (Å²) in [5, 5.41) is 0. The van der Waals surface area contributed by atoms with Gasteiger partial charge in [-0.2, -0.15) is 0 Å². The number of rotatable bonds is 3. The minimum Gasteiger partial charge on any atom is -0.340 e. The number of nitrogens with zero attached hydrogens (tertiary/aromatic N) is 2. The molecular formula is C14H20N2O3S. The van der Waals surface area contributed by atoms with Gasteiger partial charge < -0.3 is 4.90 Å². The van der Waals surface area contributed by atoms with Gasteiger partial charge in [0.25, 0.3) is 0 Å². The van der Waals surface area contributed by atoms with Crippen LogP contribution in [0.2, 0.25) is 0 Å². The van der Waals surface area contributed by atoms with Crippen LogP contribution in [0.5, 0.6) is 0 Å². The molecule has 1 saturated heterocycles. The molecule has 1 aliphatic rings. The lowest BCUT2D eigenvalue weighted by Gasteiger charge is -2.37. The minimum absolute atomic E-state index is 0.00127. The molecule has 0 aromatic carbocycles. The molecule has 6 heteroatoms. The van der Waals surface area contributed by atoms with Crippen molar-refractivity contribution in [3.63, 3.8) is 0 Å². The number of hydrogen-bond acceptors (Lipinski definition) is 4. The van der Waals surface area contributed by atoms with Crippen LogP contribution in [-0.2, 0) is 21.1 Å². The third kappa shape index (κ3) is 3.17. The average Bonchev–Trinajstić information content (AvgIpc) is 2.40. The van der Waals surface area contributed by atoms with E-state index in [9.17, 15) is 13.2 Å². The first-order chi connectivity index (χ1) is 9.32. The Kier molecular flexibility index (Phi) is 4.13. The summed E-state index contributed by atoms with van der Waals surface area (Å²) < 4.78 is 23.0. The molecule has 1 aromatic heterocycles. The van der Waals surface area contributed by atoms with Gasteiger partial charge in [-0.25, -0.2) is 8.42 Å². The summed E-state index contributed by atoms with van der Waals surface area (Å²) in [5.41, 5.74) is 0.879. The molecule has 2 heterocycles. The normalized spacial score (nSPS) is 20.6. The van der Waals surface area contributed by atoms with Gasteiger partial charge in [0.15, 0.2) is 9.84 Å². The fourth-order valence-electron chi connectivity index (χ4n) is 2.30. The molecule has 0 unspecified atom stereocenters. The van der Waals surface area contributed by atoms with Gasteiger partial charge in [0.05, 0.1) is 10.5 Å². The zero-order valence-corrected chi connectivity index (χ0v) is 12.7. The summed E-state index contributed by atoms with van der Waals surface area (Å²) in [5.74, 6) is 0.0496. The molecular weight excluding hydrogens is 276 g/mol. The van der Waals surface area contributed by atoms with Gasteiger partial charge in [-0.15, -0.1) is 0 Å². The number of aromatic nitrogens is 1. The third-order valence-corrected chi connectivity index (χ3v) is 6.25. The van der Waals surface area contributed by atoms with E-state index in [2.05, 4.69) is 4.98 Å². The van der Waals surface area contributed by atoms with Crippen LogP contribution in [0.25, 0.3) is 0 Å². The lowest BCUT2D eigenvalue weighted by Crippen LogP contribution is -2.54. The molecule has 1 aromatic rings. The predicted octanol–water partition coefficient (Wildman–Crippen LogP) is 1.05. The summed E-state index contributed by atoms with van der Waals surface area (Å²) in [6.45, 7) is 3.93. The second-order valence-corrected chi connectivity index (χ2v) is 8.46. The van der Waals surface area contributed by atoms with E-state index in [1.165, 1.54) is 0 Å². The van der Waals surface area contributed by atoms with E-state index >= 15 is 0 Å². The number of sulfone groups is 1. The van der Waals surface area contributed by atoms with Crippen LogP contribution >= 0.6 is 0 Å². The van der Waals surface area contributed by atoms with E-state index in [0.717, 1.165) is 5.69 Å². The summed E-state index contributed by atoms with van der Waals surface area (Å²) in [7, 11) is -3.10. The summed E-state index contributed by atoms with van der Waals surface area (Å²) in [6, 6.07) is 5.62. The standard InChI is InChI=1S/C14H20N2O3S/c1-14(2)11-16(9-10-20(14,18)19)13(17)7-6-12-5-3-4-8-15-12/h3-5,8H,6-7,9-11H2,1-2H3. The van der Waals surface area contributed by atoms with E-state index in [4.69, 9.17) is 0 Å². The number of carbonyl (C=O) groups excluding carboxylic acids is 1. The van der Waals surface area contributed by atoms with E-state index in [-0.39, 0.29) is 18.2 Å². The van der Waals surface area contributed by atoms with E-state index < -0.39 is 14.6 Å². The van der Waals surface area contributed by atoms with Gasteiger partial charge >= 0.3 is 0 Å². The van der Waals surface area contributed by atoms with Crippen LogP contribution in [0.4, 0.5) is 0 Å². The van der Waals surface area contributed by atoms with Crippen molar-refractivity contribution in [2.45, 2.75) is 31.4 Å². The van der Waals surface area contributed by atoms with Crippen LogP contribution in [0.3, 0.4) is 0 Å². The number of carbonyl (C=O) groups is 1. The maximum absolute atomic E-state index is 12.2. The van der Waals surface area contributed by atoms with E-state index in [1.54, 1.807) is 24.9 Å². The van der Waals surface area contributed by atoms with Crippen molar-refractivity contribution in [2.75, 3.05) is 18.8 Å². The highest BCUT2D eigenvalue weighted by Crippen LogP contribution is 2.24. The van der Waals surface area contributed by atoms with Gasteiger partial charge in [-0.1, -0.05) is 6.07 Å². The first kappa shape index (κ1) is 15.0. The van der Waals surface area contributed by atoms with Gasteiger partial charge in [0, 0.05) is 31.4 Å². The van der Waals surface area contributed by atoms with Crippen molar-refractivity contribution in [2.24, 2.45) is 0 Å². The van der Waals surface area contributed by atoms with Crippen molar-refractivity contribution >= 4 is 15.7 Å². The topological polar surface area (TPSA) is 67.3 Å². The Morgan fingerprint density at radius 1 is 1.40 bits per heavy atom. The van der Waals surface area contributed by atoms with E-state index in [0.29, 0.717) is 19.4 Å². The summed E-state index contributed by atoms with van der Waals surface area (Å²) >= 11 is 0. The largest absolute Gasteiger partial charge is 0.340 e. The molecule has 110 valence electrons. The Morgan fingerprint density at radius 3 is 2.75 bits per heavy atom. The predicted molar refractivity (Wildman–Crippen MR) is 77.0 cm³/mol. The van der Waals surface area contributed by atoms with Gasteiger partial charge in [0.1, 0.15) is 0 Å². The Hall–Kier alpha value is -1.43. The molecule has 1 aliphatic heterocycles. The minimum atomic E-state index is -3.10. The third-order valence-electron chi connectivity index (χ3n) is 3.72. The van der Waals surface area contributed by atoms with Crippen LogP contribution in [-0.4, -0.2) is 47.8 Å². The monoisotopic (exact) mass is 296 g/mol. The van der Waals surface area contributed by atoms with Crippen molar-refractivity contribution in [1.29, 1.82) is 0 Å². The Labute approximate surface area is 119 Å². The molecule has 0 atom stereocenters. The quantitative estimate of drug-likeness (QED) is 0.836. The Bertz CT molecular complexity index is 582. The molecule has 0 radical (unpaired) electrons. The van der Waals surface area contributed by atoms with Crippen LogP contribution < -0.4 is 0 Å². The van der Waals surface area contributed by atoms with Gasteiger partial charge in [0.2, 0.25) is 5.91 Å². The van der Waals surface area contributed by atoms with Crippen molar-refractivity contribution in [1.82, 2.24) is 9.88 Å². The molecule has 0 N–H and O–H groups in total. The second kappa shape index (κ2) is 5.52. The second-order valence-electron chi connectivity index (χ2n) is 5.71. The van der Waals surface area contributed by atoms with Crippen LogP contribution in [0, 0.1) is 0 Å². The summed E-state index contributed by atoms with van der Waals surface area (Å²) in [4.78, 5) is 18.0. The lowest BCUT2D eigenvalue weighted by atomic mass is 10.1. The number of pyridine rings is 1. The Balaban J connectivity index is 1.94. The zero-order valence-electron chi connectivity index (χ0n) is 11.9. The SMILES string of the molecule is CC1(C)CN(C(=O)CCc2ccccn2)CCS1(=O)=O. The Morgan fingerprint density at radius 2 is 2.15 bits per heavy atom. The first-order valence-electron chi connectivity index (χ1n) is 6.72. The molecule has 1 amide bonds. The van der Waals surface area contributed by atoms with Gasteiger partial charge in [-0.3, -0.25) is 9.78 Å². The molecule has 1 fully saturated rings. The molecule has 0 aliphatic carbocycles. The highest BCUT2D eigenvalue weighted by molar-refractivity contribution is 7.92. The zero-order chi connectivity index (χ0) is 14.8. The fraction of sp³-hybridized carbons (Fsp3) is 0.571. The lowest BCUT2D eigenvalue weighted by molar-refractivity contribution is -0.131. The summed E-state index contributed by atoms with van der Waals surface area (Å²) in [6.07, 6.45) is 2.66. The smallest absolute Gasteiger partial charge is 0.223 e. The van der Waals surface area contributed by atoms with E-state index in [1.807, 2.05) is 18.2 Å². The maximum Gasteiger partial charge on any atom is 0.223 e. The fourth-order valence-corrected chi connectivity index (χ4v) is 3.66. The molecule has 0 spiro atoms. The maximum atomic E-state index is 12.2. The molecule has 0 saturated carbocycles. The van der Waals surface area contributed by atoms with Crippen molar-refractivity contribution in [3.8, 4) is 0 Å². The van der Waals surface area contributed by atoms with Crippen molar-refractivity contribution < 1.29 is 13.2 Å². The molecule has 20 heavy (non-hydrogen) atoms. The highest BCUT2D eigenvalue weighted by Gasteiger charge is 2.41. The van der Waals surface area contributed by atoms with Crippen LogP contribution in [0.15, 0.2) is 24.4 Å². The average molecular weight is 296 g/mol. The van der Waals surface area contributed by atoms with Gasteiger partial charge in [-0.05, 0) is 32.4 Å². The highest BCUT2D eigenvalue weighted by atomic mass is 32.2. The number of hydrogen-bond donors (Lipinski definition) is 0. The number of aryl methyl sites for hydroxylation is 1. The van der Waals surface area contributed by atoms with Crippen molar-refractivity contribution in [3.05, 3.63) is 30.1 Å².